The Morgan fingerprint density at radius 1 is 0.862 bits per heavy atom. The van der Waals surface area contributed by atoms with Crippen LogP contribution in [-0.4, -0.2) is 59.6 Å². The Labute approximate surface area is 178 Å². The maximum atomic E-state index is 9.95. The van der Waals surface area contributed by atoms with E-state index in [4.69, 9.17) is 9.47 Å². The summed E-state index contributed by atoms with van der Waals surface area (Å²) in [7, 11) is 0. The Hall–Kier alpha value is -0.460. The average Bonchev–Trinajstić information content (AvgIpc) is 3.05. The number of hydrogen-bond donors (Lipinski definition) is 3. The Morgan fingerprint density at radius 3 is 1.97 bits per heavy atom. The van der Waals surface area contributed by atoms with E-state index in [1.807, 2.05) is 0 Å². The van der Waals surface area contributed by atoms with Gasteiger partial charge in [-0.2, -0.15) is 0 Å². The second-order valence-corrected chi connectivity index (χ2v) is 8.44. The van der Waals surface area contributed by atoms with E-state index in [9.17, 15) is 15.3 Å². The summed E-state index contributed by atoms with van der Waals surface area (Å²) in [6.45, 7) is 3.07. The first-order chi connectivity index (χ1) is 14.2. The van der Waals surface area contributed by atoms with Crippen LogP contribution in [0.5, 0.6) is 0 Å². The molecule has 1 aliphatic rings. The lowest BCUT2D eigenvalue weighted by molar-refractivity contribution is -0.0813. The molecule has 4 atom stereocenters. The van der Waals surface area contributed by atoms with Crippen LogP contribution >= 0.6 is 0 Å². The van der Waals surface area contributed by atoms with Crippen molar-refractivity contribution in [2.75, 3.05) is 19.8 Å². The van der Waals surface area contributed by atoms with Gasteiger partial charge in [-0.05, 0) is 25.7 Å². The molecule has 0 aromatic heterocycles. The molecule has 1 rings (SSSR count). The molecule has 0 aromatic rings. The first-order valence-electron chi connectivity index (χ1n) is 12.0. The maximum absolute atomic E-state index is 9.95. The minimum absolute atomic E-state index is 0.0688. The van der Waals surface area contributed by atoms with E-state index in [1.165, 1.54) is 77.0 Å². The van der Waals surface area contributed by atoms with Gasteiger partial charge >= 0.3 is 0 Å². The summed E-state index contributed by atoms with van der Waals surface area (Å²) in [5.74, 6) is 0. The van der Waals surface area contributed by atoms with Crippen LogP contribution in [-0.2, 0) is 9.47 Å². The minimum atomic E-state index is -1.03. The zero-order chi connectivity index (χ0) is 21.2. The Bertz CT molecular complexity index is 387. The zero-order valence-electron chi connectivity index (χ0n) is 18.6. The van der Waals surface area contributed by atoms with Crippen LogP contribution in [0.15, 0.2) is 12.2 Å². The van der Waals surface area contributed by atoms with Crippen molar-refractivity contribution in [1.29, 1.82) is 0 Å². The molecule has 3 N–H and O–H groups in total. The third-order valence-corrected chi connectivity index (χ3v) is 5.66. The monoisotopic (exact) mass is 414 g/mol. The van der Waals surface area contributed by atoms with Crippen molar-refractivity contribution < 1.29 is 24.8 Å². The number of unbranched alkanes of at least 4 members (excludes halogenated alkanes) is 12. The molecule has 0 aliphatic carbocycles. The molecule has 1 saturated heterocycles. The number of aliphatic hydroxyl groups excluding tert-OH is 3. The predicted molar refractivity (Wildman–Crippen MR) is 118 cm³/mol. The summed E-state index contributed by atoms with van der Waals surface area (Å²) in [6, 6.07) is 0. The van der Waals surface area contributed by atoms with Crippen LogP contribution in [0.3, 0.4) is 0 Å². The van der Waals surface area contributed by atoms with Gasteiger partial charge in [0.1, 0.15) is 24.4 Å². The van der Waals surface area contributed by atoms with E-state index in [0.29, 0.717) is 6.61 Å². The smallest absolute Gasteiger partial charge is 0.114 e. The third-order valence-electron chi connectivity index (χ3n) is 5.66. The Morgan fingerprint density at radius 2 is 1.41 bits per heavy atom. The molecule has 0 spiro atoms. The number of ether oxygens (including phenoxy) is 2. The zero-order valence-corrected chi connectivity index (χ0v) is 18.6. The molecule has 5 nitrogen and oxygen atoms in total. The fraction of sp³-hybridized carbons (Fsp3) is 0.917. The average molecular weight is 415 g/mol. The topological polar surface area (TPSA) is 79.2 Å². The van der Waals surface area contributed by atoms with Crippen LogP contribution in [0.25, 0.3) is 0 Å². The number of aliphatic hydroxyl groups is 3. The second-order valence-electron chi connectivity index (χ2n) is 8.44. The molecule has 0 bridgehead atoms. The molecular formula is C24H46O5. The molecule has 0 saturated carbocycles. The van der Waals surface area contributed by atoms with Gasteiger partial charge in [-0.25, -0.2) is 0 Å². The van der Waals surface area contributed by atoms with Gasteiger partial charge < -0.3 is 24.8 Å². The lowest BCUT2D eigenvalue weighted by Crippen LogP contribution is -2.40. The Balaban J connectivity index is 1.76. The van der Waals surface area contributed by atoms with Crippen LogP contribution in [0.1, 0.15) is 96.8 Å². The van der Waals surface area contributed by atoms with Crippen molar-refractivity contribution in [3.8, 4) is 0 Å². The summed E-state index contributed by atoms with van der Waals surface area (Å²) in [4.78, 5) is 0. The van der Waals surface area contributed by atoms with Gasteiger partial charge in [-0.1, -0.05) is 83.3 Å². The van der Waals surface area contributed by atoms with Crippen molar-refractivity contribution >= 4 is 0 Å². The molecule has 172 valence electrons. The highest BCUT2D eigenvalue weighted by molar-refractivity contribution is 4.87. The summed E-state index contributed by atoms with van der Waals surface area (Å²) in [5.41, 5.74) is 0. The molecule has 5 heteroatoms. The maximum Gasteiger partial charge on any atom is 0.114 e. The Kier molecular flexibility index (Phi) is 16.8. The molecule has 0 unspecified atom stereocenters. The van der Waals surface area contributed by atoms with Gasteiger partial charge in [-0.15, -0.1) is 0 Å². The standard InChI is InChI=1S/C24H46O5/c1-2-3-4-5-6-7-8-9-10-11-12-13-14-15-16-17-18-28-19-22(26)24-23(27)21(25)20-29-24/h5-6,21-27H,2-4,7-20H2,1H3/b6-5+/t21-,22+,23-,24-/m1/s1. The third kappa shape index (κ3) is 13.5. The van der Waals surface area contributed by atoms with Gasteiger partial charge in [0.15, 0.2) is 0 Å². The molecule has 1 aliphatic heterocycles. The molecule has 0 radical (unpaired) electrons. The largest absolute Gasteiger partial charge is 0.388 e. The quantitative estimate of drug-likeness (QED) is 0.214. The molecule has 0 aromatic carbocycles. The highest BCUT2D eigenvalue weighted by Crippen LogP contribution is 2.18. The number of rotatable bonds is 19. The predicted octanol–water partition coefficient (Wildman–Crippen LogP) is 4.52. The summed E-state index contributed by atoms with van der Waals surface area (Å²) < 4.78 is 10.7. The minimum Gasteiger partial charge on any atom is -0.388 e. The van der Waals surface area contributed by atoms with Gasteiger partial charge in [0, 0.05) is 6.61 Å². The van der Waals surface area contributed by atoms with Gasteiger partial charge in [0.2, 0.25) is 0 Å². The van der Waals surface area contributed by atoms with E-state index in [0.717, 1.165) is 12.8 Å². The van der Waals surface area contributed by atoms with Gasteiger partial charge in [0.25, 0.3) is 0 Å². The van der Waals surface area contributed by atoms with Gasteiger partial charge in [-0.3, -0.25) is 0 Å². The number of allylic oxidation sites excluding steroid dienone is 2. The first kappa shape index (κ1) is 26.6. The fourth-order valence-corrected chi connectivity index (χ4v) is 3.70. The molecule has 1 fully saturated rings. The second kappa shape index (κ2) is 18.3. The van der Waals surface area contributed by atoms with Crippen molar-refractivity contribution in [3.05, 3.63) is 12.2 Å². The van der Waals surface area contributed by atoms with Crippen molar-refractivity contribution in [2.45, 2.75) is 121 Å². The van der Waals surface area contributed by atoms with E-state index in [-0.39, 0.29) is 13.2 Å². The molecule has 1 heterocycles. The summed E-state index contributed by atoms with van der Waals surface area (Å²) in [6.07, 6.45) is 19.0. The van der Waals surface area contributed by atoms with E-state index >= 15 is 0 Å². The first-order valence-corrected chi connectivity index (χ1v) is 12.0. The van der Waals surface area contributed by atoms with Crippen LogP contribution in [0.2, 0.25) is 0 Å². The lowest BCUT2D eigenvalue weighted by atomic mass is 10.1. The van der Waals surface area contributed by atoms with E-state index in [2.05, 4.69) is 19.1 Å². The van der Waals surface area contributed by atoms with E-state index in [1.54, 1.807) is 0 Å². The lowest BCUT2D eigenvalue weighted by Gasteiger charge is -2.20. The normalized spacial score (nSPS) is 23.2. The molecule has 0 amide bonds. The highest BCUT2D eigenvalue weighted by atomic mass is 16.5. The highest BCUT2D eigenvalue weighted by Gasteiger charge is 2.39. The van der Waals surface area contributed by atoms with Crippen LogP contribution in [0, 0.1) is 0 Å². The molecular weight excluding hydrogens is 368 g/mol. The van der Waals surface area contributed by atoms with E-state index < -0.39 is 24.4 Å². The fourth-order valence-electron chi connectivity index (χ4n) is 3.70. The van der Waals surface area contributed by atoms with Crippen molar-refractivity contribution in [2.24, 2.45) is 0 Å². The summed E-state index contributed by atoms with van der Waals surface area (Å²) in [5, 5.41) is 29.0. The van der Waals surface area contributed by atoms with Gasteiger partial charge in [0.05, 0.1) is 13.2 Å². The molecule has 29 heavy (non-hydrogen) atoms. The van der Waals surface area contributed by atoms with Crippen LogP contribution in [0.4, 0.5) is 0 Å². The number of hydrogen-bond acceptors (Lipinski definition) is 5. The summed E-state index contributed by atoms with van der Waals surface area (Å²) >= 11 is 0. The van der Waals surface area contributed by atoms with Crippen LogP contribution < -0.4 is 0 Å². The van der Waals surface area contributed by atoms with Crippen molar-refractivity contribution in [3.63, 3.8) is 0 Å². The SMILES string of the molecule is CCCC/C=C/CCCCCCCCCCCCOC[C@H](O)[C@H]1OC[C@@H](O)[C@H]1O. The van der Waals surface area contributed by atoms with Crippen molar-refractivity contribution in [1.82, 2.24) is 0 Å².